The second kappa shape index (κ2) is 6.29. The van der Waals surface area contributed by atoms with Gasteiger partial charge in [-0.25, -0.2) is 4.79 Å². The molecule has 0 aliphatic heterocycles. The van der Waals surface area contributed by atoms with Crippen molar-refractivity contribution < 1.29 is 40.6 Å². The normalized spacial score (nSPS) is 12.9. The Labute approximate surface area is 128 Å². The third-order valence-corrected chi connectivity index (χ3v) is 2.34. The number of benzene rings is 1. The summed E-state index contributed by atoms with van der Waals surface area (Å²) in [6.07, 6.45) is -9.96. The zero-order valence-corrected chi connectivity index (χ0v) is 12.4. The molecule has 0 unspecified atom stereocenters. The third-order valence-electron chi connectivity index (χ3n) is 2.34. The highest BCUT2D eigenvalue weighted by atomic mass is 19.4. The van der Waals surface area contributed by atoms with Crippen LogP contribution < -0.4 is 4.74 Å². The minimum Gasteiger partial charge on any atom is -0.482 e. The SMILES string of the molecule is CC(C)(C)OC(=O)COc1cc(C(F)(F)F)cc(C(F)(F)F)c1. The van der Waals surface area contributed by atoms with Crippen molar-refractivity contribution in [2.75, 3.05) is 6.61 Å². The number of carbonyl (C=O) groups excluding carboxylic acids is 1. The highest BCUT2D eigenvalue weighted by molar-refractivity contribution is 5.71. The predicted octanol–water partition coefficient (Wildman–Crippen LogP) is 4.44. The van der Waals surface area contributed by atoms with E-state index in [0.29, 0.717) is 12.1 Å². The van der Waals surface area contributed by atoms with Crippen molar-refractivity contribution in [3.05, 3.63) is 29.3 Å². The number of ether oxygens (including phenoxy) is 2. The van der Waals surface area contributed by atoms with Crippen molar-refractivity contribution in [1.29, 1.82) is 0 Å². The van der Waals surface area contributed by atoms with Crippen LogP contribution in [0.3, 0.4) is 0 Å². The molecular formula is C14H14F6O3. The molecule has 9 heteroatoms. The van der Waals surface area contributed by atoms with Gasteiger partial charge in [0.15, 0.2) is 6.61 Å². The molecule has 0 heterocycles. The Kier molecular flexibility index (Phi) is 5.23. The van der Waals surface area contributed by atoms with Crippen molar-refractivity contribution >= 4 is 5.97 Å². The van der Waals surface area contributed by atoms with E-state index in [1.54, 1.807) is 20.8 Å². The fourth-order valence-corrected chi connectivity index (χ4v) is 1.52. The maximum atomic E-state index is 12.6. The molecule has 0 aromatic heterocycles. The van der Waals surface area contributed by atoms with Crippen LogP contribution in [0.25, 0.3) is 0 Å². The van der Waals surface area contributed by atoms with E-state index < -0.39 is 47.4 Å². The molecule has 1 rings (SSSR count). The van der Waals surface area contributed by atoms with Crippen LogP contribution in [0.4, 0.5) is 26.3 Å². The van der Waals surface area contributed by atoms with Crippen molar-refractivity contribution in [2.24, 2.45) is 0 Å². The molecule has 0 atom stereocenters. The van der Waals surface area contributed by atoms with Crippen molar-refractivity contribution in [3.8, 4) is 5.75 Å². The number of esters is 1. The van der Waals surface area contributed by atoms with Crippen molar-refractivity contribution in [3.63, 3.8) is 0 Å². The Morgan fingerprint density at radius 2 is 1.35 bits per heavy atom. The van der Waals surface area contributed by atoms with Crippen molar-refractivity contribution in [1.82, 2.24) is 0 Å². The number of halogens is 6. The van der Waals surface area contributed by atoms with Crippen LogP contribution in [-0.2, 0) is 21.9 Å². The number of hydrogen-bond acceptors (Lipinski definition) is 3. The fourth-order valence-electron chi connectivity index (χ4n) is 1.52. The highest BCUT2D eigenvalue weighted by Crippen LogP contribution is 2.38. The van der Waals surface area contributed by atoms with Crippen LogP contribution >= 0.6 is 0 Å². The molecule has 0 aliphatic rings. The number of alkyl halides is 6. The summed E-state index contributed by atoms with van der Waals surface area (Å²) >= 11 is 0. The quantitative estimate of drug-likeness (QED) is 0.601. The summed E-state index contributed by atoms with van der Waals surface area (Å²) < 4.78 is 85.4. The topological polar surface area (TPSA) is 35.5 Å². The summed E-state index contributed by atoms with van der Waals surface area (Å²) in [6, 6.07) is 0.750. The summed E-state index contributed by atoms with van der Waals surface area (Å²) in [5, 5.41) is 0. The Hall–Kier alpha value is -1.93. The summed E-state index contributed by atoms with van der Waals surface area (Å²) in [4.78, 5) is 11.4. The summed E-state index contributed by atoms with van der Waals surface area (Å²) in [5.74, 6) is -1.64. The maximum Gasteiger partial charge on any atom is 0.416 e. The molecule has 1 aromatic rings. The van der Waals surface area contributed by atoms with Crippen LogP contribution in [0.5, 0.6) is 5.75 Å². The average molecular weight is 344 g/mol. The van der Waals surface area contributed by atoms with Crippen LogP contribution in [0.1, 0.15) is 31.9 Å². The van der Waals surface area contributed by atoms with Gasteiger partial charge in [0.25, 0.3) is 0 Å². The van der Waals surface area contributed by atoms with Gasteiger partial charge in [-0.2, -0.15) is 26.3 Å². The first-order valence-electron chi connectivity index (χ1n) is 6.32. The molecule has 0 spiro atoms. The Morgan fingerprint density at radius 3 is 1.70 bits per heavy atom. The summed E-state index contributed by atoms with van der Waals surface area (Å²) in [5.41, 5.74) is -3.90. The second-order valence-electron chi connectivity index (χ2n) is 5.62. The van der Waals surface area contributed by atoms with Gasteiger partial charge in [-0.15, -0.1) is 0 Å². The van der Waals surface area contributed by atoms with E-state index in [0.717, 1.165) is 0 Å². The van der Waals surface area contributed by atoms with E-state index in [9.17, 15) is 31.1 Å². The Balaban J connectivity index is 3.00. The molecule has 0 aliphatic carbocycles. The third kappa shape index (κ3) is 6.37. The van der Waals surface area contributed by atoms with Gasteiger partial charge in [0.1, 0.15) is 11.4 Å². The first-order chi connectivity index (χ1) is 10.2. The van der Waals surface area contributed by atoms with Gasteiger partial charge in [-0.3, -0.25) is 0 Å². The highest BCUT2D eigenvalue weighted by Gasteiger charge is 2.37. The van der Waals surface area contributed by atoms with Crippen LogP contribution in [-0.4, -0.2) is 18.2 Å². The smallest absolute Gasteiger partial charge is 0.416 e. The van der Waals surface area contributed by atoms with Gasteiger partial charge in [0.05, 0.1) is 11.1 Å². The molecule has 0 fully saturated rings. The molecule has 1 aromatic carbocycles. The number of hydrogen-bond donors (Lipinski definition) is 0. The van der Waals surface area contributed by atoms with E-state index >= 15 is 0 Å². The van der Waals surface area contributed by atoms with E-state index in [-0.39, 0.29) is 6.07 Å². The lowest BCUT2D eigenvalue weighted by Crippen LogP contribution is -2.27. The Morgan fingerprint density at radius 1 is 0.913 bits per heavy atom. The van der Waals surface area contributed by atoms with Gasteiger partial charge in [0, 0.05) is 0 Å². The minimum absolute atomic E-state index is 0.0274. The molecule has 0 saturated heterocycles. The van der Waals surface area contributed by atoms with Gasteiger partial charge < -0.3 is 9.47 Å². The summed E-state index contributed by atoms with van der Waals surface area (Å²) in [6.45, 7) is 3.85. The minimum atomic E-state index is -4.98. The first kappa shape index (κ1) is 19.1. The standard InChI is InChI=1S/C14H14F6O3/c1-12(2,3)23-11(21)7-22-10-5-8(13(15,16)17)4-9(6-10)14(18,19)20/h4-6H,7H2,1-3H3. The van der Waals surface area contributed by atoms with Crippen molar-refractivity contribution in [2.45, 2.75) is 38.7 Å². The lowest BCUT2D eigenvalue weighted by Gasteiger charge is -2.20. The first-order valence-corrected chi connectivity index (χ1v) is 6.32. The molecule has 3 nitrogen and oxygen atoms in total. The predicted molar refractivity (Wildman–Crippen MR) is 67.8 cm³/mol. The lowest BCUT2D eigenvalue weighted by atomic mass is 10.1. The fraction of sp³-hybridized carbons (Fsp3) is 0.500. The van der Waals surface area contributed by atoms with E-state index in [2.05, 4.69) is 0 Å². The van der Waals surface area contributed by atoms with E-state index in [4.69, 9.17) is 9.47 Å². The van der Waals surface area contributed by atoms with Crippen LogP contribution in [0.2, 0.25) is 0 Å². The molecule has 0 N–H and O–H groups in total. The van der Waals surface area contributed by atoms with E-state index in [1.165, 1.54) is 0 Å². The molecular weight excluding hydrogens is 330 g/mol. The van der Waals surface area contributed by atoms with Gasteiger partial charge in [-0.05, 0) is 39.0 Å². The van der Waals surface area contributed by atoms with Gasteiger partial charge >= 0.3 is 18.3 Å². The second-order valence-corrected chi connectivity index (χ2v) is 5.62. The largest absolute Gasteiger partial charge is 0.482 e. The summed E-state index contributed by atoms with van der Waals surface area (Å²) in [7, 11) is 0. The molecule has 0 radical (unpaired) electrons. The van der Waals surface area contributed by atoms with Crippen LogP contribution in [0, 0.1) is 0 Å². The molecule has 130 valence electrons. The zero-order valence-electron chi connectivity index (χ0n) is 12.4. The number of rotatable bonds is 3. The molecule has 0 amide bonds. The average Bonchev–Trinajstić information content (AvgIpc) is 2.32. The van der Waals surface area contributed by atoms with E-state index in [1.807, 2.05) is 0 Å². The van der Waals surface area contributed by atoms with Gasteiger partial charge in [0.2, 0.25) is 0 Å². The van der Waals surface area contributed by atoms with Crippen LogP contribution in [0.15, 0.2) is 18.2 Å². The molecule has 0 bridgehead atoms. The monoisotopic (exact) mass is 344 g/mol. The number of carbonyl (C=O) groups is 1. The molecule has 23 heavy (non-hydrogen) atoms. The molecule has 0 saturated carbocycles. The zero-order chi connectivity index (χ0) is 18.1. The Bertz CT molecular complexity index is 537. The lowest BCUT2D eigenvalue weighted by molar-refractivity contribution is -0.157. The van der Waals surface area contributed by atoms with Gasteiger partial charge in [-0.1, -0.05) is 0 Å². The maximum absolute atomic E-state index is 12.6.